The van der Waals surface area contributed by atoms with Crippen molar-refractivity contribution >= 4 is 54.4 Å². The number of halogens is 8. The predicted octanol–water partition coefficient (Wildman–Crippen LogP) is 3.40. The SMILES string of the molecule is O=S(=O)(Oc1cc(Cl)cc(OS(=O)(=O)C(F)(F)F)c1I)C(F)(F)F. The minimum absolute atomic E-state index is 0.514. The lowest BCUT2D eigenvalue weighted by Crippen LogP contribution is -2.29. The second kappa shape index (κ2) is 6.56. The van der Waals surface area contributed by atoms with Gasteiger partial charge >= 0.3 is 31.3 Å². The Morgan fingerprint density at radius 3 is 1.38 bits per heavy atom. The summed E-state index contributed by atoms with van der Waals surface area (Å²) < 4.78 is 124. The first kappa shape index (κ1) is 21.4. The quantitative estimate of drug-likeness (QED) is 0.255. The van der Waals surface area contributed by atoms with Crippen LogP contribution >= 0.6 is 34.2 Å². The second-order valence-electron chi connectivity index (χ2n) is 3.68. The monoisotopic (exact) mass is 534 g/mol. The lowest BCUT2D eigenvalue weighted by Gasteiger charge is -2.14. The molecule has 1 aromatic carbocycles. The average Bonchev–Trinajstić information content (AvgIpc) is 2.31. The molecule has 1 rings (SSSR count). The van der Waals surface area contributed by atoms with Gasteiger partial charge in [0.2, 0.25) is 0 Å². The topological polar surface area (TPSA) is 86.7 Å². The molecular weight excluding hydrogens is 533 g/mol. The van der Waals surface area contributed by atoms with E-state index >= 15 is 0 Å². The highest BCUT2D eigenvalue weighted by atomic mass is 127. The van der Waals surface area contributed by atoms with E-state index in [1.807, 2.05) is 0 Å². The molecule has 0 aliphatic carbocycles. The van der Waals surface area contributed by atoms with Gasteiger partial charge in [0.05, 0.1) is 0 Å². The summed E-state index contributed by atoms with van der Waals surface area (Å²) in [5, 5.41) is -0.643. The number of alkyl halides is 6. The van der Waals surface area contributed by atoms with Crippen LogP contribution in [0.3, 0.4) is 0 Å². The average molecular weight is 535 g/mol. The van der Waals surface area contributed by atoms with E-state index in [1.54, 1.807) is 0 Å². The highest BCUT2D eigenvalue weighted by molar-refractivity contribution is 14.1. The lowest BCUT2D eigenvalue weighted by atomic mass is 10.3. The van der Waals surface area contributed by atoms with Crippen molar-refractivity contribution in [3.63, 3.8) is 0 Å². The normalized spacial score (nSPS) is 13.7. The van der Waals surface area contributed by atoms with E-state index in [0.29, 0.717) is 12.1 Å². The Morgan fingerprint density at radius 1 is 0.833 bits per heavy atom. The van der Waals surface area contributed by atoms with Crippen LogP contribution in [0, 0.1) is 3.57 Å². The fourth-order valence-corrected chi connectivity index (χ4v) is 2.95. The van der Waals surface area contributed by atoms with Crippen molar-refractivity contribution in [3.8, 4) is 11.5 Å². The third-order valence-electron chi connectivity index (χ3n) is 1.94. The first-order valence-corrected chi connectivity index (χ1v) is 9.26. The summed E-state index contributed by atoms with van der Waals surface area (Å²) in [5.41, 5.74) is -11.7. The minimum atomic E-state index is -6.17. The summed E-state index contributed by atoms with van der Waals surface area (Å²) >= 11 is 6.41. The summed E-state index contributed by atoms with van der Waals surface area (Å²) in [6.45, 7) is 0. The number of rotatable bonds is 4. The molecule has 16 heteroatoms. The maximum absolute atomic E-state index is 12.3. The predicted molar refractivity (Wildman–Crippen MR) is 75.4 cm³/mol. The van der Waals surface area contributed by atoms with Crippen LogP contribution in [0.2, 0.25) is 5.02 Å². The smallest absolute Gasteiger partial charge is 0.375 e. The number of hydrogen-bond donors (Lipinski definition) is 0. The molecule has 0 aliphatic rings. The first-order valence-electron chi connectivity index (χ1n) is 4.98. The van der Waals surface area contributed by atoms with Gasteiger partial charge in [-0.2, -0.15) is 43.2 Å². The molecular formula is C8H2ClF6IO6S2. The molecule has 1 aromatic rings. The second-order valence-corrected chi connectivity index (χ2v) is 8.27. The van der Waals surface area contributed by atoms with Crippen LogP contribution in [-0.2, 0) is 20.2 Å². The van der Waals surface area contributed by atoms with E-state index in [-0.39, 0.29) is 0 Å². The molecule has 0 N–H and O–H groups in total. The summed E-state index contributed by atoms with van der Waals surface area (Å²) in [4.78, 5) is 0. The molecule has 138 valence electrons. The molecule has 0 fully saturated rings. The molecule has 0 radical (unpaired) electrons. The zero-order chi connectivity index (χ0) is 19.1. The van der Waals surface area contributed by atoms with Gasteiger partial charge in [-0.15, -0.1) is 0 Å². The zero-order valence-electron chi connectivity index (χ0n) is 10.4. The van der Waals surface area contributed by atoms with E-state index in [2.05, 4.69) is 8.37 Å². The standard InChI is InChI=1S/C8H2ClF6IO6S2/c9-3-1-4(21-23(17,18)7(10,11)12)6(16)5(2-3)22-24(19,20)8(13,14)15/h1-2H. The molecule has 0 saturated carbocycles. The largest absolute Gasteiger partial charge is 0.534 e. The van der Waals surface area contributed by atoms with Crippen LogP contribution < -0.4 is 8.37 Å². The maximum atomic E-state index is 12.3. The summed E-state index contributed by atoms with van der Waals surface area (Å²) in [6.07, 6.45) is 0. The van der Waals surface area contributed by atoms with Crippen molar-refractivity contribution in [1.82, 2.24) is 0 Å². The molecule has 0 atom stereocenters. The van der Waals surface area contributed by atoms with E-state index in [0.717, 1.165) is 22.6 Å². The molecule has 0 unspecified atom stereocenters. The molecule has 0 heterocycles. The molecule has 0 saturated heterocycles. The van der Waals surface area contributed by atoms with Gasteiger partial charge in [0.15, 0.2) is 11.5 Å². The van der Waals surface area contributed by atoms with E-state index in [4.69, 9.17) is 11.6 Å². The minimum Gasteiger partial charge on any atom is -0.375 e. The van der Waals surface area contributed by atoms with Gasteiger partial charge in [0.25, 0.3) is 0 Å². The van der Waals surface area contributed by atoms with Crippen molar-refractivity contribution in [1.29, 1.82) is 0 Å². The number of benzene rings is 1. The van der Waals surface area contributed by atoms with Gasteiger partial charge in [-0.25, -0.2) is 0 Å². The molecule has 24 heavy (non-hydrogen) atoms. The summed E-state index contributed by atoms with van der Waals surface area (Å²) in [6, 6.07) is 1.03. The Bertz CT molecular complexity index is 780. The first-order chi connectivity index (χ1) is 10.5. The third kappa shape index (κ3) is 4.69. The third-order valence-corrected chi connectivity index (χ3v) is 5.15. The van der Waals surface area contributed by atoms with Crippen molar-refractivity contribution in [3.05, 3.63) is 20.7 Å². The van der Waals surface area contributed by atoms with Crippen molar-refractivity contribution in [2.45, 2.75) is 11.0 Å². The van der Waals surface area contributed by atoms with E-state index < -0.39 is 51.3 Å². The van der Waals surface area contributed by atoms with Crippen LogP contribution in [-0.4, -0.2) is 27.9 Å². The summed E-state index contributed by atoms with van der Waals surface area (Å²) in [5.74, 6) is -2.35. The highest BCUT2D eigenvalue weighted by Crippen LogP contribution is 2.39. The van der Waals surface area contributed by atoms with Gasteiger partial charge in [0.1, 0.15) is 3.57 Å². The van der Waals surface area contributed by atoms with E-state index in [1.165, 1.54) is 0 Å². The fraction of sp³-hybridized carbons (Fsp3) is 0.250. The van der Waals surface area contributed by atoms with Crippen molar-refractivity contribution in [2.24, 2.45) is 0 Å². The van der Waals surface area contributed by atoms with Gasteiger partial charge < -0.3 is 8.37 Å². The van der Waals surface area contributed by atoms with Gasteiger partial charge in [-0.1, -0.05) is 11.6 Å². The van der Waals surface area contributed by atoms with Crippen molar-refractivity contribution in [2.75, 3.05) is 0 Å². The van der Waals surface area contributed by atoms with E-state index in [9.17, 15) is 43.2 Å². The summed E-state index contributed by atoms with van der Waals surface area (Å²) in [7, 11) is -12.3. The van der Waals surface area contributed by atoms with Crippen LogP contribution in [0.15, 0.2) is 12.1 Å². The van der Waals surface area contributed by atoms with Crippen LogP contribution in [0.4, 0.5) is 26.3 Å². The van der Waals surface area contributed by atoms with Crippen LogP contribution in [0.5, 0.6) is 11.5 Å². The molecule has 0 spiro atoms. The van der Waals surface area contributed by atoms with Gasteiger partial charge in [-0.05, 0) is 22.6 Å². The Kier molecular flexibility index (Phi) is 5.84. The Balaban J connectivity index is 3.38. The molecule has 0 amide bonds. The van der Waals surface area contributed by atoms with Crippen LogP contribution in [0.1, 0.15) is 0 Å². The van der Waals surface area contributed by atoms with Crippen LogP contribution in [0.25, 0.3) is 0 Å². The number of hydrogen-bond acceptors (Lipinski definition) is 6. The Morgan fingerprint density at radius 2 is 1.12 bits per heavy atom. The molecule has 6 nitrogen and oxygen atoms in total. The lowest BCUT2D eigenvalue weighted by molar-refractivity contribution is -0.0502. The Labute approximate surface area is 149 Å². The fourth-order valence-electron chi connectivity index (χ4n) is 0.992. The molecule has 0 bridgehead atoms. The Hall–Kier alpha value is -0.680. The van der Waals surface area contributed by atoms with Gasteiger partial charge in [0, 0.05) is 17.2 Å². The van der Waals surface area contributed by atoms with Gasteiger partial charge in [-0.3, -0.25) is 0 Å². The highest BCUT2D eigenvalue weighted by Gasteiger charge is 2.50. The molecule has 0 aliphatic heterocycles. The van der Waals surface area contributed by atoms with Crippen molar-refractivity contribution < 1.29 is 51.5 Å². The zero-order valence-corrected chi connectivity index (χ0v) is 15.0. The molecule has 0 aromatic heterocycles. The maximum Gasteiger partial charge on any atom is 0.534 e.